The molecular weight excluding hydrogens is 511 g/mol. The number of anilines is 1. The third-order valence-corrected chi connectivity index (χ3v) is 9.22. The van der Waals surface area contributed by atoms with Crippen LogP contribution in [0.2, 0.25) is 4.34 Å². The van der Waals surface area contributed by atoms with Gasteiger partial charge in [0.2, 0.25) is 0 Å². The van der Waals surface area contributed by atoms with Gasteiger partial charge in [0.1, 0.15) is 15.8 Å². The molecule has 0 amide bonds. The van der Waals surface area contributed by atoms with Gasteiger partial charge >= 0.3 is 0 Å². The van der Waals surface area contributed by atoms with E-state index in [1.165, 1.54) is 35.0 Å². The molecule has 180 valence electrons. The second kappa shape index (κ2) is 9.22. The maximum Gasteiger partial charge on any atom is 0.263 e. The van der Waals surface area contributed by atoms with Crippen molar-refractivity contribution in [1.82, 2.24) is 4.57 Å². The molecule has 2 aromatic heterocycles. The van der Waals surface area contributed by atoms with Crippen LogP contribution in [0.1, 0.15) is 18.4 Å². The predicted molar refractivity (Wildman–Crippen MR) is 136 cm³/mol. The minimum atomic E-state index is -3.81. The van der Waals surface area contributed by atoms with Gasteiger partial charge in [-0.1, -0.05) is 17.7 Å². The lowest BCUT2D eigenvalue weighted by Gasteiger charge is -2.11. The highest BCUT2D eigenvalue weighted by Crippen LogP contribution is 2.28. The number of hydrogen-bond acceptors (Lipinski definition) is 6. The van der Waals surface area contributed by atoms with E-state index in [0.29, 0.717) is 21.3 Å². The van der Waals surface area contributed by atoms with Gasteiger partial charge in [-0.05, 0) is 72.3 Å². The van der Waals surface area contributed by atoms with Crippen molar-refractivity contribution in [1.29, 1.82) is 0 Å². The number of pyridine rings is 1. The molecule has 2 heterocycles. The first-order chi connectivity index (χ1) is 16.7. The largest absolute Gasteiger partial charge is 0.382 e. The number of nitrogens with one attached hydrogen (secondary N) is 1. The number of aromatic nitrogens is 1. The number of rotatable bonds is 8. The van der Waals surface area contributed by atoms with Crippen molar-refractivity contribution in [2.24, 2.45) is 0 Å². The molecule has 0 unspecified atom stereocenters. The summed E-state index contributed by atoms with van der Waals surface area (Å²) in [7, 11) is -3.81. The summed E-state index contributed by atoms with van der Waals surface area (Å²) in [6, 6.07) is 14.6. The Balaban J connectivity index is 1.35. The number of nitrogens with zero attached hydrogens (tertiary/aromatic N) is 1. The van der Waals surface area contributed by atoms with E-state index in [9.17, 15) is 22.4 Å². The van der Waals surface area contributed by atoms with Crippen LogP contribution in [0.4, 0.5) is 10.1 Å². The first-order valence-corrected chi connectivity index (χ1v) is 13.7. The van der Waals surface area contributed by atoms with Crippen molar-refractivity contribution in [3.05, 3.63) is 86.9 Å². The zero-order valence-electron chi connectivity index (χ0n) is 18.3. The van der Waals surface area contributed by atoms with Gasteiger partial charge < -0.3 is 5.32 Å². The van der Waals surface area contributed by atoms with Gasteiger partial charge in [-0.3, -0.25) is 14.2 Å². The molecule has 0 radical (unpaired) electrons. The van der Waals surface area contributed by atoms with Crippen molar-refractivity contribution in [2.75, 3.05) is 11.1 Å². The van der Waals surface area contributed by atoms with Crippen LogP contribution >= 0.6 is 22.9 Å². The Morgan fingerprint density at radius 1 is 1.11 bits per heavy atom. The van der Waals surface area contributed by atoms with Crippen LogP contribution < -0.4 is 10.9 Å². The Bertz CT molecular complexity index is 1620. The number of benzene rings is 2. The van der Waals surface area contributed by atoms with Crippen LogP contribution in [0.3, 0.4) is 0 Å². The number of sulfone groups is 1. The highest BCUT2D eigenvalue weighted by molar-refractivity contribution is 7.94. The zero-order valence-corrected chi connectivity index (χ0v) is 20.7. The van der Waals surface area contributed by atoms with Crippen molar-refractivity contribution in [3.8, 4) is 5.69 Å². The lowest BCUT2D eigenvalue weighted by atomic mass is 10.1. The lowest BCUT2D eigenvalue weighted by molar-refractivity contribution is -0.116. The Hall–Kier alpha value is -3.01. The third-order valence-electron chi connectivity index (χ3n) is 5.73. The number of carbonyl (C=O) groups is 1. The maximum atomic E-state index is 15.0. The van der Waals surface area contributed by atoms with Crippen LogP contribution in [-0.4, -0.2) is 30.6 Å². The highest BCUT2D eigenvalue weighted by atomic mass is 35.5. The molecule has 35 heavy (non-hydrogen) atoms. The van der Waals surface area contributed by atoms with Gasteiger partial charge in [0, 0.05) is 29.7 Å². The number of thiophene rings is 1. The molecule has 0 saturated heterocycles. The normalized spacial score (nSPS) is 13.8. The molecule has 0 aliphatic heterocycles. The molecule has 2 aromatic carbocycles. The van der Waals surface area contributed by atoms with Gasteiger partial charge in [0.15, 0.2) is 15.6 Å². The number of hydrogen-bond donors (Lipinski definition) is 1. The fourth-order valence-electron chi connectivity index (χ4n) is 3.87. The van der Waals surface area contributed by atoms with E-state index in [-0.39, 0.29) is 21.9 Å². The predicted octanol–water partition coefficient (Wildman–Crippen LogP) is 5.00. The number of carbonyl (C=O) groups excluding carboxylic acids is 1. The Morgan fingerprint density at radius 2 is 1.91 bits per heavy atom. The van der Waals surface area contributed by atoms with Crippen LogP contribution in [0.25, 0.3) is 16.5 Å². The van der Waals surface area contributed by atoms with E-state index in [0.717, 1.165) is 41.3 Å². The minimum Gasteiger partial charge on any atom is -0.382 e. The second-order valence-corrected chi connectivity index (χ2v) is 12.5. The molecule has 1 aliphatic carbocycles. The SMILES string of the molecule is O=C(Cc1ccc(-n2ccc3cc(NC4CC4)ccc3c2=O)c(F)c1)CS(=O)(=O)c1ccc(Cl)s1. The van der Waals surface area contributed by atoms with Gasteiger partial charge in [0.25, 0.3) is 5.56 Å². The highest BCUT2D eigenvalue weighted by Gasteiger charge is 2.22. The van der Waals surface area contributed by atoms with Crippen LogP contribution in [0.5, 0.6) is 0 Å². The molecule has 1 saturated carbocycles. The molecule has 0 spiro atoms. The Labute approximate surface area is 209 Å². The van der Waals surface area contributed by atoms with E-state index in [1.54, 1.807) is 12.1 Å². The van der Waals surface area contributed by atoms with Crippen molar-refractivity contribution < 1.29 is 17.6 Å². The Kier molecular flexibility index (Phi) is 6.25. The number of halogens is 2. The van der Waals surface area contributed by atoms with E-state index in [4.69, 9.17) is 11.6 Å². The van der Waals surface area contributed by atoms with Gasteiger partial charge in [-0.25, -0.2) is 12.8 Å². The first kappa shape index (κ1) is 23.7. The van der Waals surface area contributed by atoms with Crippen molar-refractivity contribution >= 4 is 55.0 Å². The van der Waals surface area contributed by atoms with Crippen molar-refractivity contribution in [3.63, 3.8) is 0 Å². The van der Waals surface area contributed by atoms with E-state index >= 15 is 0 Å². The second-order valence-electron chi connectivity index (χ2n) is 8.53. The standard InChI is InChI=1S/C25H20ClFN2O4S2/c26-23-7-8-24(34-23)35(32,33)14-19(30)11-15-1-6-22(21(27)12-15)29-10-9-16-13-18(28-17-2-3-17)4-5-20(16)25(29)31/h1,4-10,12-13,17,28H,2-3,11,14H2. The molecule has 10 heteroatoms. The van der Waals surface area contributed by atoms with Crippen LogP contribution in [-0.2, 0) is 21.1 Å². The summed E-state index contributed by atoms with van der Waals surface area (Å²) >= 11 is 6.67. The summed E-state index contributed by atoms with van der Waals surface area (Å²) in [4.78, 5) is 25.4. The number of ketones is 1. The fraction of sp³-hybridized carbons (Fsp3) is 0.200. The van der Waals surface area contributed by atoms with Gasteiger partial charge in [-0.15, -0.1) is 11.3 Å². The summed E-state index contributed by atoms with van der Waals surface area (Å²) in [6.45, 7) is 0. The average molecular weight is 531 g/mol. The average Bonchev–Trinajstić information content (AvgIpc) is 3.49. The molecule has 5 rings (SSSR count). The third kappa shape index (κ3) is 5.17. The monoisotopic (exact) mass is 530 g/mol. The van der Waals surface area contributed by atoms with E-state index in [2.05, 4.69) is 5.32 Å². The summed E-state index contributed by atoms with van der Waals surface area (Å²) in [5.74, 6) is -1.95. The quantitative estimate of drug-likeness (QED) is 0.346. The van der Waals surface area contributed by atoms with E-state index in [1.807, 2.05) is 12.1 Å². The topological polar surface area (TPSA) is 85.2 Å². The van der Waals surface area contributed by atoms with Crippen LogP contribution in [0.15, 0.2) is 69.8 Å². The van der Waals surface area contributed by atoms with Gasteiger partial charge in [0.05, 0.1) is 10.0 Å². The molecule has 6 nitrogen and oxygen atoms in total. The molecule has 1 fully saturated rings. The summed E-state index contributed by atoms with van der Waals surface area (Å²) in [5, 5.41) is 4.61. The lowest BCUT2D eigenvalue weighted by Crippen LogP contribution is -2.19. The molecule has 1 N–H and O–H groups in total. The molecule has 0 atom stereocenters. The number of Topliss-reactive ketones (excluding diaryl/α,β-unsaturated/α-hetero) is 1. The molecule has 1 aliphatic rings. The molecule has 4 aromatic rings. The Morgan fingerprint density at radius 3 is 2.60 bits per heavy atom. The molecular formula is C25H20ClFN2O4S2. The van der Waals surface area contributed by atoms with Gasteiger partial charge in [-0.2, -0.15) is 0 Å². The smallest absolute Gasteiger partial charge is 0.263 e. The summed E-state index contributed by atoms with van der Waals surface area (Å²) in [5.41, 5.74) is 0.958. The van der Waals surface area contributed by atoms with Crippen LogP contribution in [0, 0.1) is 5.82 Å². The van der Waals surface area contributed by atoms with Crippen molar-refractivity contribution in [2.45, 2.75) is 29.5 Å². The first-order valence-electron chi connectivity index (χ1n) is 10.9. The zero-order chi connectivity index (χ0) is 24.7. The summed E-state index contributed by atoms with van der Waals surface area (Å²) < 4.78 is 41.3. The molecule has 0 bridgehead atoms. The maximum absolute atomic E-state index is 15.0. The minimum absolute atomic E-state index is 0.0171. The fourth-order valence-corrected chi connectivity index (χ4v) is 6.68. The van der Waals surface area contributed by atoms with E-state index < -0.39 is 27.2 Å². The number of fused-ring (bicyclic) bond motifs is 1. The summed E-state index contributed by atoms with van der Waals surface area (Å²) in [6.07, 6.45) is 3.55.